The van der Waals surface area contributed by atoms with Crippen LogP contribution in [0.1, 0.15) is 42.6 Å². The van der Waals surface area contributed by atoms with Crippen LogP contribution in [0, 0.1) is 5.41 Å². The second-order valence-electron chi connectivity index (χ2n) is 11.2. The SMILES string of the molecule is C=CC1=C(NC)C(C)(C)CN(C(=O)c2cccc(N3CCC(N4CCc5ccccc5NC4=O)CC3)c2)C1. The minimum absolute atomic E-state index is 0.000164. The molecule has 0 unspecified atom stereocenters. The molecule has 3 amide bonds. The third kappa shape index (κ3) is 5.02. The molecule has 200 valence electrons. The van der Waals surface area contributed by atoms with Crippen LogP contribution in [0.15, 0.2) is 72.5 Å². The summed E-state index contributed by atoms with van der Waals surface area (Å²) in [5.41, 5.74) is 5.93. The van der Waals surface area contributed by atoms with Crippen LogP contribution in [0.2, 0.25) is 0 Å². The third-order valence-electron chi connectivity index (χ3n) is 8.23. The highest BCUT2D eigenvalue weighted by atomic mass is 16.2. The fourth-order valence-corrected chi connectivity index (χ4v) is 6.33. The maximum absolute atomic E-state index is 13.6. The van der Waals surface area contributed by atoms with Gasteiger partial charge in [0.1, 0.15) is 0 Å². The summed E-state index contributed by atoms with van der Waals surface area (Å²) in [5.74, 6) is 0.0464. The fourth-order valence-electron chi connectivity index (χ4n) is 6.33. The summed E-state index contributed by atoms with van der Waals surface area (Å²) >= 11 is 0. The summed E-state index contributed by atoms with van der Waals surface area (Å²) in [6, 6.07) is 16.3. The van der Waals surface area contributed by atoms with Crippen molar-refractivity contribution in [3.8, 4) is 0 Å². The lowest BCUT2D eigenvalue weighted by atomic mass is 9.82. The van der Waals surface area contributed by atoms with E-state index in [9.17, 15) is 9.59 Å². The van der Waals surface area contributed by atoms with Crippen molar-refractivity contribution >= 4 is 23.3 Å². The molecule has 2 aromatic rings. The van der Waals surface area contributed by atoms with Crippen LogP contribution >= 0.6 is 0 Å². The summed E-state index contributed by atoms with van der Waals surface area (Å²) in [7, 11) is 1.93. The van der Waals surface area contributed by atoms with E-state index in [0.717, 1.165) is 61.5 Å². The number of hydrogen-bond donors (Lipinski definition) is 2. The third-order valence-corrected chi connectivity index (χ3v) is 8.23. The van der Waals surface area contributed by atoms with Crippen LogP contribution < -0.4 is 15.5 Å². The van der Waals surface area contributed by atoms with Gasteiger partial charge in [-0.3, -0.25) is 4.79 Å². The average molecular weight is 514 g/mol. The van der Waals surface area contributed by atoms with Crippen molar-refractivity contribution < 1.29 is 9.59 Å². The van der Waals surface area contributed by atoms with Gasteiger partial charge >= 0.3 is 6.03 Å². The first-order valence-electron chi connectivity index (χ1n) is 13.6. The normalized spacial score (nSPS) is 20.0. The van der Waals surface area contributed by atoms with Gasteiger partial charge in [-0.1, -0.05) is 50.8 Å². The Morgan fingerprint density at radius 1 is 1.11 bits per heavy atom. The largest absolute Gasteiger partial charge is 0.391 e. The molecule has 38 heavy (non-hydrogen) atoms. The van der Waals surface area contributed by atoms with Crippen molar-refractivity contribution in [2.75, 3.05) is 50.0 Å². The van der Waals surface area contributed by atoms with E-state index in [2.05, 4.69) is 48.1 Å². The summed E-state index contributed by atoms with van der Waals surface area (Å²) in [6.45, 7) is 11.9. The van der Waals surface area contributed by atoms with Gasteiger partial charge in [0.05, 0.1) is 0 Å². The predicted octanol–water partition coefficient (Wildman–Crippen LogP) is 4.89. The molecule has 2 N–H and O–H groups in total. The van der Waals surface area contributed by atoms with E-state index in [1.807, 2.05) is 59.3 Å². The van der Waals surface area contributed by atoms with E-state index < -0.39 is 0 Å². The second-order valence-corrected chi connectivity index (χ2v) is 11.2. The molecule has 0 spiro atoms. The van der Waals surface area contributed by atoms with Gasteiger partial charge in [-0.2, -0.15) is 0 Å². The fraction of sp³-hybridized carbons (Fsp3) is 0.419. The zero-order valence-corrected chi connectivity index (χ0v) is 22.8. The number of fused-ring (bicyclic) bond motifs is 1. The van der Waals surface area contributed by atoms with E-state index in [0.29, 0.717) is 18.7 Å². The van der Waals surface area contributed by atoms with Crippen molar-refractivity contribution in [1.82, 2.24) is 15.1 Å². The first kappa shape index (κ1) is 25.9. The standard InChI is InChI=1S/C31H39N5O2/c1-5-22-20-35(21-31(2,3)28(22)32-4)29(37)24-10-8-11-26(19-24)34-16-14-25(15-17-34)36-18-13-23-9-6-7-12-27(23)33-30(36)38/h5-12,19,25,32H,1,13-18,20-21H2,2-4H3,(H,33,38). The van der Waals surface area contributed by atoms with Gasteiger partial charge in [0.25, 0.3) is 5.91 Å². The molecule has 0 saturated carbocycles. The number of hydrogen-bond acceptors (Lipinski definition) is 4. The van der Waals surface area contributed by atoms with E-state index in [1.54, 1.807) is 0 Å². The van der Waals surface area contributed by atoms with Gasteiger partial charge in [-0.15, -0.1) is 0 Å². The molecule has 1 fully saturated rings. The van der Waals surface area contributed by atoms with Crippen LogP contribution in [-0.2, 0) is 6.42 Å². The minimum Gasteiger partial charge on any atom is -0.391 e. The number of urea groups is 1. The molecule has 0 radical (unpaired) electrons. The number of piperidine rings is 1. The molecule has 0 aliphatic carbocycles. The van der Waals surface area contributed by atoms with Gasteiger partial charge in [0.15, 0.2) is 0 Å². The lowest BCUT2D eigenvalue weighted by Crippen LogP contribution is -2.49. The lowest BCUT2D eigenvalue weighted by molar-refractivity contribution is 0.0699. The monoisotopic (exact) mass is 513 g/mol. The molecule has 0 atom stereocenters. The number of nitrogens with one attached hydrogen (secondary N) is 2. The molecular formula is C31H39N5O2. The average Bonchev–Trinajstić information content (AvgIpc) is 3.09. The predicted molar refractivity (Wildman–Crippen MR) is 154 cm³/mol. The number of para-hydroxylation sites is 1. The molecule has 7 nitrogen and oxygen atoms in total. The molecule has 5 rings (SSSR count). The lowest BCUT2D eigenvalue weighted by Gasteiger charge is -2.41. The van der Waals surface area contributed by atoms with Crippen LogP contribution in [0.4, 0.5) is 16.2 Å². The van der Waals surface area contributed by atoms with Crippen molar-refractivity contribution in [2.24, 2.45) is 5.41 Å². The van der Waals surface area contributed by atoms with Gasteiger partial charge in [0, 0.05) is 73.9 Å². The number of amides is 3. The Morgan fingerprint density at radius 2 is 1.87 bits per heavy atom. The van der Waals surface area contributed by atoms with Gasteiger partial charge in [-0.05, 0) is 54.7 Å². The van der Waals surface area contributed by atoms with Crippen LogP contribution in [0.3, 0.4) is 0 Å². The summed E-state index contributed by atoms with van der Waals surface area (Å²) in [5, 5.41) is 6.42. The Balaban J connectivity index is 1.24. The van der Waals surface area contributed by atoms with Crippen LogP contribution in [-0.4, -0.2) is 67.6 Å². The Bertz CT molecular complexity index is 1260. The van der Waals surface area contributed by atoms with Gasteiger partial charge in [0.2, 0.25) is 0 Å². The maximum Gasteiger partial charge on any atom is 0.322 e. The molecule has 3 aliphatic rings. The molecule has 2 aromatic carbocycles. The molecule has 1 saturated heterocycles. The molecule has 0 bridgehead atoms. The van der Waals surface area contributed by atoms with E-state index >= 15 is 0 Å². The Kier molecular flexibility index (Phi) is 7.19. The number of rotatable bonds is 5. The quantitative estimate of drug-likeness (QED) is 0.598. The summed E-state index contributed by atoms with van der Waals surface area (Å²) in [4.78, 5) is 32.8. The number of nitrogens with zero attached hydrogens (tertiary/aromatic N) is 3. The van der Waals surface area contributed by atoms with Crippen LogP contribution in [0.5, 0.6) is 0 Å². The van der Waals surface area contributed by atoms with E-state index in [4.69, 9.17) is 0 Å². The molecule has 3 heterocycles. The maximum atomic E-state index is 13.6. The molecular weight excluding hydrogens is 474 g/mol. The number of anilines is 2. The topological polar surface area (TPSA) is 67.9 Å². The number of carbonyl (C=O) groups is 2. The van der Waals surface area contributed by atoms with Crippen molar-refractivity contribution in [2.45, 2.75) is 39.2 Å². The van der Waals surface area contributed by atoms with Gasteiger partial charge < -0.3 is 25.3 Å². The Morgan fingerprint density at radius 3 is 2.61 bits per heavy atom. The zero-order chi connectivity index (χ0) is 26.9. The smallest absolute Gasteiger partial charge is 0.322 e. The highest BCUT2D eigenvalue weighted by Gasteiger charge is 2.35. The van der Waals surface area contributed by atoms with E-state index in [-0.39, 0.29) is 23.4 Å². The van der Waals surface area contributed by atoms with E-state index in [1.165, 1.54) is 5.56 Å². The van der Waals surface area contributed by atoms with Crippen molar-refractivity contribution in [1.29, 1.82) is 0 Å². The van der Waals surface area contributed by atoms with Gasteiger partial charge in [-0.25, -0.2) is 4.79 Å². The summed E-state index contributed by atoms with van der Waals surface area (Å²) < 4.78 is 0. The number of benzene rings is 2. The highest BCUT2D eigenvalue weighted by Crippen LogP contribution is 2.34. The molecule has 0 aromatic heterocycles. The van der Waals surface area contributed by atoms with Crippen molar-refractivity contribution in [3.63, 3.8) is 0 Å². The molecule has 3 aliphatic heterocycles. The zero-order valence-electron chi connectivity index (χ0n) is 22.8. The first-order valence-corrected chi connectivity index (χ1v) is 13.6. The Hall–Kier alpha value is -3.74. The number of carbonyl (C=O) groups excluding carboxylic acids is 2. The van der Waals surface area contributed by atoms with Crippen LogP contribution in [0.25, 0.3) is 0 Å². The van der Waals surface area contributed by atoms with Crippen molar-refractivity contribution in [3.05, 3.63) is 83.6 Å². The highest BCUT2D eigenvalue weighted by molar-refractivity contribution is 5.95. The first-order chi connectivity index (χ1) is 18.3. The summed E-state index contributed by atoms with van der Waals surface area (Å²) in [6.07, 6.45) is 4.53. The second kappa shape index (κ2) is 10.6. The molecule has 7 heteroatoms. The Labute approximate surface area is 226 Å². The minimum atomic E-state index is -0.174.